The molecule has 4 nitrogen and oxygen atoms in total. The van der Waals surface area contributed by atoms with E-state index >= 15 is 0 Å². The summed E-state index contributed by atoms with van der Waals surface area (Å²) >= 11 is 4.06. The summed E-state index contributed by atoms with van der Waals surface area (Å²) in [6.45, 7) is 4.32. The van der Waals surface area contributed by atoms with Gasteiger partial charge in [-0.25, -0.2) is 0 Å². The summed E-state index contributed by atoms with van der Waals surface area (Å²) in [5.74, 6) is 0.218. The average molecular weight is 246 g/mol. The summed E-state index contributed by atoms with van der Waals surface area (Å²) in [6.07, 6.45) is 2.57. The van der Waals surface area contributed by atoms with Crippen LogP contribution in [0.1, 0.15) is 33.1 Å². The summed E-state index contributed by atoms with van der Waals surface area (Å²) in [5.41, 5.74) is 5.14. The van der Waals surface area contributed by atoms with Crippen molar-refractivity contribution in [3.8, 4) is 0 Å². The Bertz CT molecular complexity index is 234. The standard InChI is InChI=1S/C11H22N2O2S/c1-8(10(12)14)5-3-4-6-13-11(15)9(2)7-16/h8-9,16H,3-7H2,1-2H3,(H2,12,14)(H,13,15)/t8-,9?/m0/s1. The third kappa shape index (κ3) is 6.71. The highest BCUT2D eigenvalue weighted by Crippen LogP contribution is 2.06. The minimum atomic E-state index is -0.257. The van der Waals surface area contributed by atoms with E-state index in [0.717, 1.165) is 19.3 Å². The molecule has 1 unspecified atom stereocenters. The molecule has 0 heterocycles. The Kier molecular flexibility index (Phi) is 8.07. The van der Waals surface area contributed by atoms with Crippen LogP contribution in [0.2, 0.25) is 0 Å². The SMILES string of the molecule is CC(CS)C(=O)NCCCC[C@H](C)C(N)=O. The maximum atomic E-state index is 11.3. The van der Waals surface area contributed by atoms with E-state index < -0.39 is 0 Å². The topological polar surface area (TPSA) is 72.2 Å². The molecule has 0 aliphatic carbocycles. The Labute approximate surface area is 103 Å². The highest BCUT2D eigenvalue weighted by Gasteiger charge is 2.10. The Morgan fingerprint density at radius 3 is 2.38 bits per heavy atom. The van der Waals surface area contributed by atoms with E-state index in [1.54, 1.807) is 0 Å². The Balaban J connectivity index is 3.47. The van der Waals surface area contributed by atoms with Crippen molar-refractivity contribution in [3.63, 3.8) is 0 Å². The number of thiol groups is 1. The maximum Gasteiger partial charge on any atom is 0.223 e. The molecule has 0 rings (SSSR count). The zero-order chi connectivity index (χ0) is 12.6. The summed E-state index contributed by atoms with van der Waals surface area (Å²) < 4.78 is 0. The van der Waals surface area contributed by atoms with Crippen molar-refractivity contribution in [2.24, 2.45) is 17.6 Å². The van der Waals surface area contributed by atoms with E-state index in [1.165, 1.54) is 0 Å². The molecule has 2 atom stereocenters. The second kappa shape index (κ2) is 8.44. The number of nitrogens with two attached hydrogens (primary N) is 1. The van der Waals surface area contributed by atoms with Crippen LogP contribution in [0.25, 0.3) is 0 Å². The molecule has 0 aromatic rings. The molecule has 0 aromatic carbocycles. The van der Waals surface area contributed by atoms with Gasteiger partial charge in [0.2, 0.25) is 11.8 Å². The number of unbranched alkanes of at least 4 members (excludes halogenated alkanes) is 1. The van der Waals surface area contributed by atoms with Crippen molar-refractivity contribution in [1.29, 1.82) is 0 Å². The van der Waals surface area contributed by atoms with Crippen LogP contribution in [0, 0.1) is 11.8 Å². The lowest BCUT2D eigenvalue weighted by atomic mass is 10.0. The van der Waals surface area contributed by atoms with Crippen molar-refractivity contribution in [2.45, 2.75) is 33.1 Å². The quantitative estimate of drug-likeness (QED) is 0.441. The van der Waals surface area contributed by atoms with E-state index in [1.807, 2.05) is 13.8 Å². The zero-order valence-corrected chi connectivity index (χ0v) is 10.9. The lowest BCUT2D eigenvalue weighted by Gasteiger charge is -2.10. The monoisotopic (exact) mass is 246 g/mol. The highest BCUT2D eigenvalue weighted by atomic mass is 32.1. The Morgan fingerprint density at radius 1 is 1.25 bits per heavy atom. The molecule has 3 N–H and O–H groups in total. The number of rotatable bonds is 8. The lowest BCUT2D eigenvalue weighted by molar-refractivity contribution is -0.124. The molecule has 0 bridgehead atoms. The first-order chi connectivity index (χ1) is 7.49. The number of amides is 2. The van der Waals surface area contributed by atoms with Crippen LogP contribution in [0.15, 0.2) is 0 Å². The van der Waals surface area contributed by atoms with Crippen molar-refractivity contribution in [2.75, 3.05) is 12.3 Å². The third-order valence-corrected chi connectivity index (χ3v) is 3.12. The number of carbonyl (C=O) groups is 2. The van der Waals surface area contributed by atoms with Crippen molar-refractivity contribution >= 4 is 24.4 Å². The van der Waals surface area contributed by atoms with Crippen molar-refractivity contribution in [1.82, 2.24) is 5.32 Å². The molecule has 2 amide bonds. The molecule has 0 saturated carbocycles. The fraction of sp³-hybridized carbons (Fsp3) is 0.818. The van der Waals surface area contributed by atoms with Crippen LogP contribution in [0.4, 0.5) is 0 Å². The summed E-state index contributed by atoms with van der Waals surface area (Å²) in [4.78, 5) is 22.1. The van der Waals surface area contributed by atoms with E-state index in [2.05, 4.69) is 17.9 Å². The first kappa shape index (κ1) is 15.3. The molecule has 0 aliphatic rings. The Hall–Kier alpha value is -0.710. The molecular formula is C11H22N2O2S. The smallest absolute Gasteiger partial charge is 0.223 e. The van der Waals surface area contributed by atoms with Crippen LogP contribution >= 0.6 is 12.6 Å². The van der Waals surface area contributed by atoms with Gasteiger partial charge in [0.15, 0.2) is 0 Å². The molecule has 0 aromatic heterocycles. The number of hydrogen-bond acceptors (Lipinski definition) is 3. The van der Waals surface area contributed by atoms with Gasteiger partial charge in [0.25, 0.3) is 0 Å². The van der Waals surface area contributed by atoms with Gasteiger partial charge in [0.05, 0.1) is 0 Å². The molecule has 0 aliphatic heterocycles. The summed E-state index contributed by atoms with van der Waals surface area (Å²) in [7, 11) is 0. The Morgan fingerprint density at radius 2 is 1.88 bits per heavy atom. The van der Waals surface area contributed by atoms with Crippen LogP contribution in [0.5, 0.6) is 0 Å². The van der Waals surface area contributed by atoms with Gasteiger partial charge >= 0.3 is 0 Å². The molecule has 94 valence electrons. The number of hydrogen-bond donors (Lipinski definition) is 3. The van der Waals surface area contributed by atoms with E-state index in [-0.39, 0.29) is 23.7 Å². The van der Waals surface area contributed by atoms with Gasteiger partial charge in [-0.15, -0.1) is 0 Å². The normalized spacial score (nSPS) is 14.2. The van der Waals surface area contributed by atoms with Gasteiger partial charge in [-0.2, -0.15) is 12.6 Å². The van der Waals surface area contributed by atoms with Gasteiger partial charge in [0, 0.05) is 24.1 Å². The first-order valence-electron chi connectivity index (χ1n) is 5.67. The van der Waals surface area contributed by atoms with E-state index in [0.29, 0.717) is 12.3 Å². The van der Waals surface area contributed by atoms with Crippen molar-refractivity contribution < 1.29 is 9.59 Å². The van der Waals surface area contributed by atoms with Gasteiger partial charge < -0.3 is 11.1 Å². The van der Waals surface area contributed by atoms with Crippen molar-refractivity contribution in [3.05, 3.63) is 0 Å². The third-order valence-electron chi connectivity index (χ3n) is 2.57. The van der Waals surface area contributed by atoms with E-state index in [9.17, 15) is 9.59 Å². The fourth-order valence-electron chi connectivity index (χ4n) is 1.19. The molecule has 5 heteroatoms. The predicted molar refractivity (Wildman–Crippen MR) is 68.2 cm³/mol. The number of carbonyl (C=O) groups excluding carboxylic acids is 2. The second-order valence-electron chi connectivity index (χ2n) is 4.17. The molecule has 0 saturated heterocycles. The zero-order valence-electron chi connectivity index (χ0n) is 10.0. The summed E-state index contributed by atoms with van der Waals surface area (Å²) in [5, 5.41) is 2.83. The highest BCUT2D eigenvalue weighted by molar-refractivity contribution is 7.80. The predicted octanol–water partition coefficient (Wildman–Crippen LogP) is 0.960. The van der Waals surface area contributed by atoms with Crippen LogP contribution < -0.4 is 11.1 Å². The van der Waals surface area contributed by atoms with E-state index in [4.69, 9.17) is 5.73 Å². The summed E-state index contributed by atoms with van der Waals surface area (Å²) in [6, 6.07) is 0. The van der Waals surface area contributed by atoms with Gasteiger partial charge in [0.1, 0.15) is 0 Å². The average Bonchev–Trinajstić information content (AvgIpc) is 2.26. The molecular weight excluding hydrogens is 224 g/mol. The molecule has 16 heavy (non-hydrogen) atoms. The largest absolute Gasteiger partial charge is 0.369 e. The lowest BCUT2D eigenvalue weighted by Crippen LogP contribution is -2.30. The maximum absolute atomic E-state index is 11.3. The van der Waals surface area contributed by atoms with Crippen LogP contribution in [-0.2, 0) is 9.59 Å². The molecule has 0 fully saturated rings. The second-order valence-corrected chi connectivity index (χ2v) is 4.54. The minimum absolute atomic E-state index is 0.0398. The van der Waals surface area contributed by atoms with Gasteiger partial charge in [-0.3, -0.25) is 9.59 Å². The number of nitrogens with one attached hydrogen (secondary N) is 1. The molecule has 0 spiro atoms. The van der Waals surface area contributed by atoms with Gasteiger partial charge in [-0.05, 0) is 12.8 Å². The molecule has 0 radical (unpaired) electrons. The van der Waals surface area contributed by atoms with Crippen LogP contribution in [0.3, 0.4) is 0 Å². The fourth-order valence-corrected chi connectivity index (χ4v) is 1.35. The minimum Gasteiger partial charge on any atom is -0.369 e. The number of primary amides is 1. The first-order valence-corrected chi connectivity index (χ1v) is 6.30. The van der Waals surface area contributed by atoms with Crippen LogP contribution in [-0.4, -0.2) is 24.1 Å². The van der Waals surface area contributed by atoms with Gasteiger partial charge in [-0.1, -0.05) is 20.3 Å².